The second kappa shape index (κ2) is 14.5. The van der Waals surface area contributed by atoms with Gasteiger partial charge in [0.1, 0.15) is 23.3 Å². The molecule has 284 valence electrons. The molecule has 1 saturated heterocycles. The number of nitrogens with zero attached hydrogens (tertiary/aromatic N) is 7. The average Bonchev–Trinajstić information content (AvgIpc) is 3.84. The summed E-state index contributed by atoms with van der Waals surface area (Å²) in [5.41, 5.74) is 2.09. The number of carbonyl (C=O) groups excluding carboxylic acids is 1. The molecule has 1 saturated carbocycles. The van der Waals surface area contributed by atoms with Crippen LogP contribution in [-0.4, -0.2) is 83.4 Å². The number of carbonyl (C=O) groups is 1. The zero-order chi connectivity index (χ0) is 39.4. The van der Waals surface area contributed by atoms with Crippen LogP contribution < -0.4 is 15.2 Å². The number of anilines is 1. The second-order valence-electron chi connectivity index (χ2n) is 13.6. The van der Waals surface area contributed by atoms with Crippen molar-refractivity contribution in [2.75, 3.05) is 31.3 Å². The molecule has 2 fully saturated rings. The minimum absolute atomic E-state index is 0.0585. The number of likely N-dealkylation sites (tertiary alicyclic amines) is 1. The van der Waals surface area contributed by atoms with E-state index in [-0.39, 0.29) is 41.0 Å². The Morgan fingerprint density at radius 2 is 1.93 bits per heavy atom. The van der Waals surface area contributed by atoms with Crippen LogP contribution in [-0.2, 0) is 16.6 Å². The number of alkyl halides is 3. The normalized spacial score (nSPS) is 17.8. The first-order valence-corrected chi connectivity index (χ1v) is 20.2. The van der Waals surface area contributed by atoms with E-state index < -0.39 is 39.6 Å². The maximum atomic E-state index is 14.0. The van der Waals surface area contributed by atoms with Crippen molar-refractivity contribution in [2.45, 2.75) is 51.0 Å². The Hall–Kier alpha value is -5.07. The minimum Gasteiger partial charge on any atom is -0.355 e. The second-order valence-corrected chi connectivity index (χ2v) is 16.7. The van der Waals surface area contributed by atoms with Crippen LogP contribution in [0.4, 0.5) is 19.0 Å². The number of benzene rings is 1. The Morgan fingerprint density at radius 1 is 1.18 bits per heavy atom. The molecule has 1 N–H and O–H groups in total. The summed E-state index contributed by atoms with van der Waals surface area (Å²) in [7, 11) is -2.03. The van der Waals surface area contributed by atoms with Gasteiger partial charge in [0.2, 0.25) is 10.0 Å². The van der Waals surface area contributed by atoms with E-state index in [1.54, 1.807) is 38.2 Å². The fourth-order valence-corrected chi connectivity index (χ4v) is 8.83. The number of halogens is 4. The molecule has 1 aromatic carbocycles. The minimum atomic E-state index is -4.19. The number of fused-ring (bicyclic) bond motifs is 2. The fourth-order valence-electron chi connectivity index (χ4n) is 7.17. The number of sulfonamides is 1. The predicted octanol–water partition coefficient (Wildman–Crippen LogP) is 5.49. The zero-order valence-corrected chi connectivity index (χ0v) is 32.0. The zero-order valence-electron chi connectivity index (χ0n) is 29.6. The summed E-state index contributed by atoms with van der Waals surface area (Å²) in [5, 5.41) is 12.4. The number of piperidine rings is 1. The average molecular weight is 809 g/mol. The van der Waals surface area contributed by atoms with Crippen LogP contribution in [0, 0.1) is 36.0 Å². The summed E-state index contributed by atoms with van der Waals surface area (Å²) in [6, 6.07) is 8.42. The number of pyridine rings is 2. The quantitative estimate of drug-likeness (QED) is 0.209. The van der Waals surface area contributed by atoms with Crippen LogP contribution in [0.25, 0.3) is 32.2 Å². The molecule has 5 heterocycles. The molecule has 0 radical (unpaired) electrons. The Labute approximate surface area is 322 Å². The molecule has 1 amide bonds. The number of hydrogen-bond acceptors (Lipinski definition) is 11. The first-order chi connectivity index (χ1) is 26.1. The van der Waals surface area contributed by atoms with Crippen molar-refractivity contribution in [3.8, 4) is 29.0 Å². The number of nitriles is 1. The van der Waals surface area contributed by atoms with E-state index >= 15 is 0 Å². The van der Waals surface area contributed by atoms with Crippen molar-refractivity contribution in [3.63, 3.8) is 0 Å². The molecule has 7 rings (SSSR count). The summed E-state index contributed by atoms with van der Waals surface area (Å²) in [6.07, 6.45) is 0.944. The predicted molar refractivity (Wildman–Crippen MR) is 203 cm³/mol. The van der Waals surface area contributed by atoms with Crippen molar-refractivity contribution in [1.29, 1.82) is 5.26 Å². The number of hydrogen-bond donors (Lipinski definition) is 1. The Bertz CT molecular complexity index is 2660. The van der Waals surface area contributed by atoms with Crippen molar-refractivity contribution < 1.29 is 26.4 Å². The lowest BCUT2D eigenvalue weighted by Gasteiger charge is -2.38. The molecule has 2 aliphatic rings. The summed E-state index contributed by atoms with van der Waals surface area (Å²) >= 11 is 7.62. The molecular weight excluding hydrogens is 777 g/mol. The number of rotatable bonds is 7. The molecule has 5 aromatic rings. The van der Waals surface area contributed by atoms with Crippen LogP contribution in [0.2, 0.25) is 5.02 Å². The van der Waals surface area contributed by atoms with E-state index in [0.717, 1.165) is 6.26 Å². The largest absolute Gasteiger partial charge is 0.393 e. The maximum absolute atomic E-state index is 14.0. The van der Waals surface area contributed by atoms with Crippen LogP contribution >= 0.6 is 22.9 Å². The van der Waals surface area contributed by atoms with Crippen LogP contribution in [0.3, 0.4) is 0 Å². The van der Waals surface area contributed by atoms with E-state index in [1.165, 1.54) is 33.7 Å². The van der Waals surface area contributed by atoms with Crippen LogP contribution in [0.5, 0.6) is 0 Å². The summed E-state index contributed by atoms with van der Waals surface area (Å²) in [6.45, 7) is 2.56. The van der Waals surface area contributed by atoms with E-state index in [1.807, 2.05) is 14.5 Å². The van der Waals surface area contributed by atoms with Gasteiger partial charge in [0, 0.05) is 65.5 Å². The third kappa shape index (κ3) is 7.62. The monoisotopic (exact) mass is 808 g/mol. The molecule has 18 heteroatoms. The van der Waals surface area contributed by atoms with Gasteiger partial charge < -0.3 is 4.90 Å². The Morgan fingerprint density at radius 3 is 2.60 bits per heavy atom. The highest BCUT2D eigenvalue weighted by molar-refractivity contribution is 7.89. The SMILES string of the molecule is Cc1nc2cnc(N(C)C3CCN([C@H]4C[C@@H]4C(F)(F)F)CC3)c(C#N)c2c(=O)n1CC#Cc1ccc(Cl)cc1-c1ccnc2c(C(=O)NS(C)(=O)=O)csc12. The van der Waals surface area contributed by atoms with Gasteiger partial charge in [-0.25, -0.2) is 23.1 Å². The molecule has 2 atom stereocenters. The molecule has 0 bridgehead atoms. The lowest BCUT2D eigenvalue weighted by molar-refractivity contribution is -0.152. The maximum Gasteiger partial charge on any atom is 0.393 e. The van der Waals surface area contributed by atoms with Gasteiger partial charge in [0.05, 0.1) is 51.6 Å². The number of nitrogens with one attached hydrogen (secondary N) is 1. The van der Waals surface area contributed by atoms with Gasteiger partial charge in [-0.1, -0.05) is 23.4 Å². The molecule has 55 heavy (non-hydrogen) atoms. The standard InChI is InChI=1S/C37H32ClF3N8O4S2/c1-20-45-29-18-44-34(47(2)23-9-13-48(14-10-23)30-16-28(30)37(39,40)41)26(17-42)31(29)36(51)49(20)12-4-5-21-6-7-22(38)15-25(21)24-8-11-43-32-27(19-54-33(24)32)35(50)46-55(3,52)53/h6-8,11,15,18-19,23,28,30H,9-10,12-14,16H2,1-3H3,(H,46,50)/t28-,30-/m0/s1. The fraction of sp³-hybridized carbons (Fsp3) is 0.351. The molecular formula is C37H32ClF3N8O4S2. The molecule has 1 aliphatic carbocycles. The van der Waals surface area contributed by atoms with Gasteiger partial charge in [-0.2, -0.15) is 18.4 Å². The number of aromatic nitrogens is 4. The third-order valence-electron chi connectivity index (χ3n) is 10.0. The number of thiophene rings is 1. The lowest BCUT2D eigenvalue weighted by Crippen LogP contribution is -2.45. The molecule has 0 unspecified atom stereocenters. The van der Waals surface area contributed by atoms with E-state index in [9.17, 15) is 36.4 Å². The first kappa shape index (κ1) is 38.2. The van der Waals surface area contributed by atoms with E-state index in [4.69, 9.17) is 11.6 Å². The van der Waals surface area contributed by atoms with Gasteiger partial charge in [-0.05, 0) is 50.5 Å². The number of aryl methyl sites for hydroxylation is 1. The first-order valence-electron chi connectivity index (χ1n) is 17.1. The highest BCUT2D eigenvalue weighted by atomic mass is 35.5. The Balaban J connectivity index is 1.16. The van der Waals surface area contributed by atoms with Crippen molar-refractivity contribution in [2.24, 2.45) is 5.92 Å². The van der Waals surface area contributed by atoms with Gasteiger partial charge in [0.25, 0.3) is 11.5 Å². The Kier molecular flexibility index (Phi) is 10.1. The molecule has 4 aromatic heterocycles. The summed E-state index contributed by atoms with van der Waals surface area (Å²) in [5.74, 6) is 4.75. The lowest BCUT2D eigenvalue weighted by atomic mass is 10.00. The van der Waals surface area contributed by atoms with Crippen molar-refractivity contribution in [3.05, 3.63) is 79.9 Å². The number of amides is 1. The summed E-state index contributed by atoms with van der Waals surface area (Å²) < 4.78 is 66.8. The van der Waals surface area contributed by atoms with Crippen LogP contribution in [0.1, 0.15) is 46.6 Å². The van der Waals surface area contributed by atoms with Gasteiger partial charge in [0.15, 0.2) is 0 Å². The highest BCUT2D eigenvalue weighted by Gasteiger charge is 2.58. The summed E-state index contributed by atoms with van der Waals surface area (Å²) in [4.78, 5) is 43.9. The third-order valence-corrected chi connectivity index (χ3v) is 11.8. The highest BCUT2D eigenvalue weighted by Crippen LogP contribution is 2.48. The molecule has 12 nitrogen and oxygen atoms in total. The topological polar surface area (TPSA) is 154 Å². The van der Waals surface area contributed by atoms with E-state index in [2.05, 4.69) is 32.9 Å². The molecule has 1 aliphatic heterocycles. The smallest absolute Gasteiger partial charge is 0.355 e. The van der Waals surface area contributed by atoms with Crippen LogP contribution in [0.15, 0.2) is 46.8 Å². The van der Waals surface area contributed by atoms with Crippen molar-refractivity contribution >= 4 is 65.8 Å². The van der Waals surface area contributed by atoms with Crippen molar-refractivity contribution in [1.82, 2.24) is 29.1 Å². The van der Waals surface area contributed by atoms with Gasteiger partial charge in [-0.3, -0.25) is 24.0 Å². The van der Waals surface area contributed by atoms with E-state index in [0.29, 0.717) is 69.5 Å². The molecule has 0 spiro atoms. The van der Waals surface area contributed by atoms with Gasteiger partial charge >= 0.3 is 6.18 Å². The van der Waals surface area contributed by atoms with Gasteiger partial charge in [-0.15, -0.1) is 11.3 Å².